The third-order valence-electron chi connectivity index (χ3n) is 2.72. The number of thioether (sulfide) groups is 2. The molecule has 1 aliphatic heterocycles. The molecular weight excluding hydrogens is 338 g/mol. The van der Waals surface area contributed by atoms with Gasteiger partial charge in [-0.25, -0.2) is 4.79 Å². The van der Waals surface area contributed by atoms with E-state index >= 15 is 0 Å². The van der Waals surface area contributed by atoms with Crippen LogP contribution in [0.2, 0.25) is 0 Å². The Kier molecular flexibility index (Phi) is 7.37. The van der Waals surface area contributed by atoms with Gasteiger partial charge < -0.3 is 15.8 Å². The largest absolute Gasteiger partial charge is 0.462 e. The Morgan fingerprint density at radius 1 is 1.52 bits per heavy atom. The van der Waals surface area contributed by atoms with Gasteiger partial charge in [0.25, 0.3) is 5.91 Å². The van der Waals surface area contributed by atoms with Crippen LogP contribution in [0.4, 0.5) is 0 Å². The van der Waals surface area contributed by atoms with Crippen LogP contribution in [0.1, 0.15) is 20.3 Å². The molecule has 0 saturated heterocycles. The summed E-state index contributed by atoms with van der Waals surface area (Å²) in [6, 6.07) is 0. The number of aliphatic imine (C=N–C) groups is 1. The number of hydrogen-bond donors (Lipinski definition) is 2. The van der Waals surface area contributed by atoms with E-state index in [2.05, 4.69) is 16.9 Å². The number of amidine groups is 1. The predicted octanol–water partition coefficient (Wildman–Crippen LogP) is 1.16. The number of rotatable bonds is 7. The summed E-state index contributed by atoms with van der Waals surface area (Å²) in [6.07, 6.45) is 1.64. The number of carbonyl (C=O) groups is 3. The highest BCUT2D eigenvalue weighted by molar-refractivity contribution is 8.15. The van der Waals surface area contributed by atoms with Crippen LogP contribution >= 0.6 is 23.5 Å². The van der Waals surface area contributed by atoms with E-state index in [0.29, 0.717) is 10.6 Å². The highest BCUT2D eigenvalue weighted by Crippen LogP contribution is 2.24. The fraction of sp³-hybridized carbons (Fsp3) is 0.429. The third-order valence-corrected chi connectivity index (χ3v) is 4.42. The average Bonchev–Trinajstić information content (AvgIpc) is 2.75. The number of nitrogens with one attached hydrogen (secondary N) is 1. The standard InChI is InChI=1S/C14H19N3O4S2/c1-5-21-13(20)10(7(2)3)12(22-4)16-9(18)6-8-11(19)17-14(15)23-8/h8H,2,5-6H2,1,3-4H3,(H,16,18)(H2,15,17,19)/b12-10+. The van der Waals surface area contributed by atoms with Gasteiger partial charge in [-0.3, -0.25) is 9.59 Å². The van der Waals surface area contributed by atoms with Crippen LogP contribution in [0.25, 0.3) is 0 Å². The molecule has 3 N–H and O–H groups in total. The quantitative estimate of drug-likeness (QED) is 0.399. The van der Waals surface area contributed by atoms with E-state index in [0.717, 1.165) is 11.8 Å². The molecule has 1 atom stereocenters. The third kappa shape index (κ3) is 5.43. The predicted molar refractivity (Wildman–Crippen MR) is 92.8 cm³/mol. The Morgan fingerprint density at radius 3 is 2.61 bits per heavy atom. The minimum atomic E-state index is -0.631. The van der Waals surface area contributed by atoms with E-state index in [1.54, 1.807) is 20.1 Å². The first-order chi connectivity index (χ1) is 10.8. The van der Waals surface area contributed by atoms with Crippen LogP contribution in [0.15, 0.2) is 27.7 Å². The topological polar surface area (TPSA) is 111 Å². The summed E-state index contributed by atoms with van der Waals surface area (Å²) < 4.78 is 4.98. The maximum atomic E-state index is 12.1. The zero-order valence-corrected chi connectivity index (χ0v) is 14.8. The van der Waals surface area contributed by atoms with Crippen molar-refractivity contribution in [1.29, 1.82) is 0 Å². The second-order valence-electron chi connectivity index (χ2n) is 4.56. The Labute approximate surface area is 143 Å². The van der Waals surface area contributed by atoms with Crippen molar-refractivity contribution in [1.82, 2.24) is 5.32 Å². The first-order valence-corrected chi connectivity index (χ1v) is 8.86. The summed E-state index contributed by atoms with van der Waals surface area (Å²) >= 11 is 2.24. The van der Waals surface area contributed by atoms with Gasteiger partial charge in [0.05, 0.1) is 17.2 Å². The van der Waals surface area contributed by atoms with Crippen molar-refractivity contribution in [2.45, 2.75) is 25.5 Å². The van der Waals surface area contributed by atoms with E-state index in [4.69, 9.17) is 10.5 Å². The van der Waals surface area contributed by atoms with Gasteiger partial charge in [0, 0.05) is 6.42 Å². The van der Waals surface area contributed by atoms with Crippen molar-refractivity contribution in [2.75, 3.05) is 12.9 Å². The Balaban J connectivity index is 2.86. The fourth-order valence-corrected chi connectivity index (χ4v) is 3.26. The molecule has 0 aromatic rings. The molecular formula is C14H19N3O4S2. The van der Waals surface area contributed by atoms with Crippen LogP contribution in [-0.2, 0) is 19.1 Å². The molecule has 0 fully saturated rings. The average molecular weight is 357 g/mol. The maximum Gasteiger partial charge on any atom is 0.341 e. The minimum absolute atomic E-state index is 0.0793. The lowest BCUT2D eigenvalue weighted by atomic mass is 10.1. The van der Waals surface area contributed by atoms with Crippen LogP contribution in [0.5, 0.6) is 0 Å². The molecule has 0 saturated carbocycles. The molecule has 0 spiro atoms. The van der Waals surface area contributed by atoms with Crippen molar-refractivity contribution in [3.8, 4) is 0 Å². The number of nitrogens with two attached hydrogens (primary N) is 1. The van der Waals surface area contributed by atoms with Crippen LogP contribution in [-0.4, -0.2) is 41.1 Å². The summed E-state index contributed by atoms with van der Waals surface area (Å²) in [5.74, 6) is -1.39. The highest BCUT2D eigenvalue weighted by atomic mass is 32.2. The number of ether oxygens (including phenoxy) is 1. The molecule has 7 nitrogen and oxygen atoms in total. The fourth-order valence-electron chi connectivity index (χ4n) is 1.76. The van der Waals surface area contributed by atoms with Crippen molar-refractivity contribution in [3.63, 3.8) is 0 Å². The summed E-state index contributed by atoms with van der Waals surface area (Å²) in [5, 5.41) is 2.50. The van der Waals surface area contributed by atoms with Crippen LogP contribution in [0.3, 0.4) is 0 Å². The van der Waals surface area contributed by atoms with Crippen molar-refractivity contribution >= 4 is 46.5 Å². The summed E-state index contributed by atoms with van der Waals surface area (Å²) in [5.41, 5.74) is 6.15. The molecule has 23 heavy (non-hydrogen) atoms. The van der Waals surface area contributed by atoms with Gasteiger partial charge in [0.1, 0.15) is 5.25 Å². The molecule has 0 radical (unpaired) electrons. The van der Waals surface area contributed by atoms with Gasteiger partial charge in [-0.15, -0.1) is 11.8 Å². The SMILES string of the molecule is C=C(C)/C(C(=O)OCC)=C(/NC(=O)CC1SC(N)=NC1=O)SC. The molecule has 0 aliphatic carbocycles. The van der Waals surface area contributed by atoms with Crippen molar-refractivity contribution in [2.24, 2.45) is 10.7 Å². The van der Waals surface area contributed by atoms with E-state index in [9.17, 15) is 14.4 Å². The number of hydrogen-bond acceptors (Lipinski definition) is 7. The van der Waals surface area contributed by atoms with Gasteiger partial charge in [-0.1, -0.05) is 18.3 Å². The lowest BCUT2D eigenvalue weighted by molar-refractivity contribution is -0.138. The van der Waals surface area contributed by atoms with E-state index < -0.39 is 23.0 Å². The lowest BCUT2D eigenvalue weighted by Crippen LogP contribution is -2.29. The molecule has 1 rings (SSSR count). The first kappa shape index (κ1) is 19.3. The highest BCUT2D eigenvalue weighted by Gasteiger charge is 2.30. The number of amides is 2. The number of carbonyl (C=O) groups excluding carboxylic acids is 3. The minimum Gasteiger partial charge on any atom is -0.462 e. The molecule has 0 bridgehead atoms. The van der Waals surface area contributed by atoms with Gasteiger partial charge in [0.2, 0.25) is 5.91 Å². The molecule has 126 valence electrons. The van der Waals surface area contributed by atoms with Crippen LogP contribution < -0.4 is 11.1 Å². The summed E-state index contributed by atoms with van der Waals surface area (Å²) in [4.78, 5) is 39.2. The molecule has 1 aliphatic rings. The smallest absolute Gasteiger partial charge is 0.341 e. The molecule has 2 amide bonds. The van der Waals surface area contributed by atoms with Crippen molar-refractivity contribution < 1.29 is 19.1 Å². The number of nitrogens with zero attached hydrogens (tertiary/aromatic N) is 1. The first-order valence-electron chi connectivity index (χ1n) is 6.75. The Morgan fingerprint density at radius 2 is 2.17 bits per heavy atom. The normalized spacial score (nSPS) is 18.1. The molecule has 1 heterocycles. The van der Waals surface area contributed by atoms with E-state index in [1.165, 1.54) is 11.8 Å². The zero-order valence-electron chi connectivity index (χ0n) is 13.2. The molecule has 0 aromatic carbocycles. The van der Waals surface area contributed by atoms with Gasteiger partial charge in [0.15, 0.2) is 5.17 Å². The Hall–Kier alpha value is -1.74. The second-order valence-corrected chi connectivity index (χ2v) is 6.60. The number of esters is 1. The maximum absolute atomic E-state index is 12.1. The summed E-state index contributed by atoms with van der Waals surface area (Å²) in [7, 11) is 0. The molecule has 1 unspecified atom stereocenters. The molecule has 0 aromatic heterocycles. The second kappa shape index (κ2) is 8.78. The van der Waals surface area contributed by atoms with Crippen LogP contribution in [0, 0.1) is 0 Å². The van der Waals surface area contributed by atoms with Gasteiger partial charge >= 0.3 is 5.97 Å². The Bertz CT molecular complexity index is 599. The lowest BCUT2D eigenvalue weighted by Gasteiger charge is -2.14. The molecule has 9 heteroatoms. The summed E-state index contributed by atoms with van der Waals surface area (Å²) in [6.45, 7) is 7.31. The van der Waals surface area contributed by atoms with Gasteiger partial charge in [-0.05, 0) is 25.7 Å². The van der Waals surface area contributed by atoms with E-state index in [1.807, 2.05) is 0 Å². The zero-order chi connectivity index (χ0) is 17.6. The monoisotopic (exact) mass is 357 g/mol. The van der Waals surface area contributed by atoms with E-state index in [-0.39, 0.29) is 23.8 Å². The van der Waals surface area contributed by atoms with Gasteiger partial charge in [-0.2, -0.15) is 4.99 Å². The van der Waals surface area contributed by atoms with Crippen molar-refractivity contribution in [3.05, 3.63) is 22.8 Å².